The van der Waals surface area contributed by atoms with Crippen molar-refractivity contribution in [3.05, 3.63) is 237 Å². The average molecular weight is 1900 g/mol. The van der Waals surface area contributed by atoms with Gasteiger partial charge in [0.15, 0.2) is 24.9 Å². The Bertz CT molecular complexity index is 6620. The molecule has 16 atom stereocenters. The van der Waals surface area contributed by atoms with E-state index in [-0.39, 0.29) is 77.5 Å². The molecule has 0 aliphatic carbocycles. The summed E-state index contributed by atoms with van der Waals surface area (Å²) in [6, 6.07) is 17.5. The number of aromatic nitrogens is 6. The molecule has 124 heavy (non-hydrogen) atoms. The van der Waals surface area contributed by atoms with E-state index in [1.807, 2.05) is 26.8 Å². The van der Waals surface area contributed by atoms with Crippen LogP contribution in [0.15, 0.2) is 144 Å². The number of nitrogens with zero attached hydrogens (tertiary/aromatic N) is 4. The second-order valence-electron chi connectivity index (χ2n) is 26.8. The van der Waals surface area contributed by atoms with Crippen molar-refractivity contribution in [1.29, 1.82) is 0 Å². The first-order chi connectivity index (χ1) is 60.7. The molecule has 0 spiro atoms. The number of amides is 1. The van der Waals surface area contributed by atoms with E-state index >= 15 is 17.6 Å². The quantitative estimate of drug-likeness (QED) is 0.0257. The van der Waals surface area contributed by atoms with Crippen LogP contribution in [-0.4, -0.2) is 140 Å². The number of alkyl halides is 4. The van der Waals surface area contributed by atoms with Gasteiger partial charge in [-0.3, -0.25) is 84.0 Å². The second-order valence-corrected chi connectivity index (χ2v) is 34.7. The number of nitrogens with one attached hydrogen (secondary N) is 4. The number of hydrogen-bond acceptors (Lipinski definition) is 32. The van der Waals surface area contributed by atoms with Crippen molar-refractivity contribution in [2.75, 3.05) is 26.3 Å². The Morgan fingerprint density at radius 3 is 1.18 bits per heavy atom. The first-order valence-electron chi connectivity index (χ1n) is 38.0. The number of carbonyl (C=O) groups is 1. The standard InChI is InChI=1S/C19H17ClFN2O7P.3C18H15ClFN2O8P/c1-3-12-8-23(11(2)22-17(12)25)18-15(24)7-19(21,29-18)10-28-31(26)27-9-13-6-14(20)4-5-16(13)30-31;3*1-2-10-7-22(17(25)21-15(10)24)16-13(23)6-18(20,29-16)9-28-31(26)27-8-11-5-12(19)3-4-14(11)30-31/h1,4-6,8,15,18,24H,2,7,9-10H2,(H,22,25);3*1,3-5,7,13,16,23H,6,8-9H2,(H,21,24,25)/t15-,18-,19+,31?;3*13-,16-,18+,31?/m1111/s1/i10D2,18D;16D;9D2;. The maximum Gasteiger partial charge on any atom is 0.530 e. The SMILES string of the molecule is C#Cc1cn([C@@H]2O[C@](F)(COP3(=O)OCc4cc(Cl)ccc4O3)C[C@H]2O)c(=O)[nH]c1=O.[2H]C([2H])(OP1(=O)OCc2cc(Cl)ccc2O1)[C@]1(F)C[C@@H](O)[C@H](n2cc(C#C)c(=O)[nH]c2=O)O1.[2H]C([2H])(OP1(=O)OCc2cc(Cl)ccc2O1)[C@]1(F)C[C@@H](O)[C@]([2H])(N2C=C(C#C)C(=O)NC2=C)O1.[2H][C@@]1(n2cc(C#C)c(=O)[nH]c2=O)O[C@](F)(COP2(=O)OCc3cc(Cl)ccc3O2)C[C@H]1O. The molecule has 9 aliphatic heterocycles. The number of rotatable bonds is 16. The summed E-state index contributed by atoms with van der Waals surface area (Å²) in [7, 11) is -17.8. The van der Waals surface area contributed by atoms with Crippen molar-refractivity contribution in [1.82, 2.24) is 38.9 Å². The molecule has 7 aromatic rings. The Balaban J connectivity index is 0.000000148. The third-order valence-electron chi connectivity index (χ3n) is 17.9. The van der Waals surface area contributed by atoms with Crippen LogP contribution >= 0.6 is 77.7 Å². The van der Waals surface area contributed by atoms with Gasteiger partial charge in [0.25, 0.3) is 22.6 Å². The second kappa shape index (κ2) is 36.3. The minimum Gasteiger partial charge on any atom is -0.404 e. The van der Waals surface area contributed by atoms with E-state index in [0.29, 0.717) is 51.5 Å². The van der Waals surface area contributed by atoms with Crippen LogP contribution in [0.2, 0.25) is 20.1 Å². The number of carbonyl (C=O) groups excluding carboxylic acids is 1. The van der Waals surface area contributed by atoms with Crippen molar-refractivity contribution < 1.29 is 142 Å². The number of halogens is 8. The van der Waals surface area contributed by atoms with Crippen LogP contribution < -0.4 is 57.2 Å². The van der Waals surface area contributed by atoms with Gasteiger partial charge in [-0.25, -0.2) is 50.2 Å². The first kappa shape index (κ1) is 83.8. The molecule has 9 aliphatic rings. The Kier molecular flexibility index (Phi) is 24.5. The normalized spacial score (nSPS) is 32.6. The van der Waals surface area contributed by atoms with Gasteiger partial charge >= 0.3 is 48.4 Å². The molecular formula is C73H62Cl4F4N8O31P4. The molecule has 0 bridgehead atoms. The van der Waals surface area contributed by atoms with Gasteiger partial charge in [0, 0.05) is 92.8 Å². The van der Waals surface area contributed by atoms with Gasteiger partial charge < -0.3 is 67.7 Å². The van der Waals surface area contributed by atoms with E-state index in [2.05, 4.69) is 23.7 Å². The number of aliphatic hydroxyl groups excluding tert-OH is 4. The monoisotopic (exact) mass is 1890 g/mol. The predicted molar refractivity (Wildman–Crippen MR) is 419 cm³/mol. The van der Waals surface area contributed by atoms with Crippen LogP contribution in [0.4, 0.5) is 17.6 Å². The summed E-state index contributed by atoms with van der Waals surface area (Å²) in [5.74, 6) is -4.87. The number of aromatic amines is 3. The Hall–Kier alpha value is -9.73. The predicted octanol–water partition coefficient (Wildman–Crippen LogP) is 8.12. The topological polar surface area (TPSA) is 494 Å². The number of phosphoric ester groups is 4. The van der Waals surface area contributed by atoms with Gasteiger partial charge in [0.1, 0.15) is 102 Å². The van der Waals surface area contributed by atoms with Gasteiger partial charge in [-0.2, -0.15) is 0 Å². The highest BCUT2D eigenvalue weighted by Gasteiger charge is 2.56. The smallest absolute Gasteiger partial charge is 0.404 e. The van der Waals surface area contributed by atoms with E-state index in [4.69, 9.17) is 154 Å². The van der Waals surface area contributed by atoms with E-state index in [0.717, 1.165) is 34.3 Å². The molecule has 1 amide bonds. The molecule has 4 fully saturated rings. The summed E-state index contributed by atoms with van der Waals surface area (Å²) >= 11 is 23.5. The lowest BCUT2D eigenvalue weighted by Crippen LogP contribution is -2.46. The molecule has 8 N–H and O–H groups in total. The number of ether oxygens (including phenoxy) is 4. The molecule has 4 aromatic carbocycles. The number of aliphatic hydroxyl groups is 4. The summed E-state index contributed by atoms with van der Waals surface area (Å²) in [5, 5.41) is 45.0. The zero-order valence-corrected chi connectivity index (χ0v) is 68.8. The Morgan fingerprint density at radius 2 is 0.790 bits per heavy atom. The van der Waals surface area contributed by atoms with Crippen molar-refractivity contribution >= 4 is 83.6 Å². The molecule has 16 rings (SSSR count). The molecule has 4 unspecified atom stereocenters. The molecule has 0 radical (unpaired) electrons. The summed E-state index contributed by atoms with van der Waals surface area (Å²) in [6.45, 7) is -6.49. The highest BCUT2D eigenvalue weighted by Crippen LogP contribution is 2.60. The average Bonchev–Trinajstić information content (AvgIpc) is 1.59. The first-order valence-corrected chi connectivity index (χ1v) is 42.3. The van der Waals surface area contributed by atoms with Crippen molar-refractivity contribution in [3.63, 3.8) is 0 Å². The highest BCUT2D eigenvalue weighted by molar-refractivity contribution is 7.49. The van der Waals surface area contributed by atoms with E-state index in [1.54, 1.807) is 6.07 Å². The fraction of sp³-hybridized carbons (Fsp3) is 0.329. The lowest BCUT2D eigenvalue weighted by Gasteiger charge is -2.34. The third kappa shape index (κ3) is 20.8. The molecular weight excluding hydrogens is 1830 g/mol. The molecule has 51 heteroatoms. The number of hydrogen-bond donors (Lipinski definition) is 8. The largest absolute Gasteiger partial charge is 0.530 e. The molecule has 656 valence electrons. The number of terminal acetylenes is 4. The summed E-state index contributed by atoms with van der Waals surface area (Å²) in [4.78, 5) is 89.4. The van der Waals surface area contributed by atoms with E-state index in [9.17, 15) is 72.2 Å². The van der Waals surface area contributed by atoms with Crippen LogP contribution in [0.3, 0.4) is 0 Å². The zero-order chi connectivity index (χ0) is 95.0. The van der Waals surface area contributed by atoms with Crippen LogP contribution in [-0.2, 0) is 105 Å². The minimum absolute atomic E-state index is 0.0252. The van der Waals surface area contributed by atoms with E-state index in [1.165, 1.54) is 66.7 Å². The van der Waals surface area contributed by atoms with Gasteiger partial charge in [-0.05, 0) is 72.8 Å². The van der Waals surface area contributed by atoms with Gasteiger partial charge in [-0.1, -0.05) is 76.7 Å². The lowest BCUT2D eigenvalue weighted by molar-refractivity contribution is -0.184. The third-order valence-corrected chi connectivity index (χ3v) is 23.8. The van der Waals surface area contributed by atoms with Crippen LogP contribution in [0, 0.1) is 49.4 Å². The zero-order valence-electron chi connectivity index (χ0n) is 68.2. The molecule has 3 aromatic heterocycles. The fourth-order valence-corrected chi connectivity index (χ4v) is 17.5. The minimum atomic E-state index is -4.71. The highest BCUT2D eigenvalue weighted by atomic mass is 35.5. The number of phosphoric acid groups is 4. The summed E-state index contributed by atoms with van der Waals surface area (Å²) in [6.07, 6.45) is 4.81. The van der Waals surface area contributed by atoms with Crippen molar-refractivity contribution in [2.45, 2.75) is 125 Å². The van der Waals surface area contributed by atoms with Gasteiger partial charge in [-0.15, -0.1) is 25.7 Å². The molecule has 0 saturated carbocycles. The Labute approximate surface area is 722 Å². The maximum absolute atomic E-state index is 15.8. The number of fused-ring (bicyclic) bond motifs is 4. The number of H-pyrrole nitrogens is 3. The molecule has 12 heterocycles. The van der Waals surface area contributed by atoms with E-state index < -0.39 is 196 Å². The van der Waals surface area contributed by atoms with Crippen molar-refractivity contribution in [2.24, 2.45) is 0 Å². The Morgan fingerprint density at radius 1 is 0.476 bits per heavy atom. The van der Waals surface area contributed by atoms with Gasteiger partial charge in [0.2, 0.25) is 23.4 Å². The maximum atomic E-state index is 15.8. The van der Waals surface area contributed by atoms with Crippen molar-refractivity contribution in [3.8, 4) is 72.4 Å². The molecule has 39 nitrogen and oxygen atoms in total. The van der Waals surface area contributed by atoms with Crippen LogP contribution in [0.5, 0.6) is 23.0 Å². The molecule has 4 saturated heterocycles. The van der Waals surface area contributed by atoms with Crippen LogP contribution in [0.25, 0.3) is 0 Å². The van der Waals surface area contributed by atoms with Gasteiger partial charge in [0.05, 0.1) is 34.7 Å². The van der Waals surface area contributed by atoms with Crippen LogP contribution in [0.1, 0.15) is 91.5 Å². The summed E-state index contributed by atoms with van der Waals surface area (Å²) in [5.41, 5.74) is -5.10. The fourth-order valence-electron chi connectivity index (χ4n) is 12.1. The summed E-state index contributed by atoms with van der Waals surface area (Å²) < 4.78 is 245. The lowest BCUT2D eigenvalue weighted by atomic mass is 10.1. The number of benzene rings is 4.